The van der Waals surface area contributed by atoms with Crippen LogP contribution in [0.5, 0.6) is 0 Å². The molecule has 3 rings (SSSR count). The molecule has 2 aromatic carbocycles. The Kier molecular flexibility index (Phi) is 3.31. The fourth-order valence-corrected chi connectivity index (χ4v) is 3.52. The molecule has 0 bridgehead atoms. The van der Waals surface area contributed by atoms with E-state index in [0.29, 0.717) is 19.8 Å². The second kappa shape index (κ2) is 4.97. The molecule has 0 aliphatic heterocycles. The van der Waals surface area contributed by atoms with Crippen LogP contribution in [0.3, 0.4) is 0 Å². The largest absolute Gasteiger partial charge is 0.288 e. The smallest absolute Gasteiger partial charge is 0.196 e. The third-order valence-electron chi connectivity index (χ3n) is 2.94. The van der Waals surface area contributed by atoms with Crippen LogP contribution in [0.2, 0.25) is 8.67 Å². The molecule has 19 heavy (non-hydrogen) atoms. The van der Waals surface area contributed by atoms with Gasteiger partial charge in [-0.2, -0.15) is 0 Å². The maximum absolute atomic E-state index is 12.6. The molecular weight excluding hydrogens is 299 g/mol. The highest BCUT2D eigenvalue weighted by atomic mass is 35.5. The second-order valence-corrected chi connectivity index (χ2v) is 6.38. The van der Waals surface area contributed by atoms with E-state index in [9.17, 15) is 4.79 Å². The zero-order valence-electron chi connectivity index (χ0n) is 9.69. The van der Waals surface area contributed by atoms with Gasteiger partial charge in [-0.1, -0.05) is 65.7 Å². The van der Waals surface area contributed by atoms with Crippen molar-refractivity contribution in [3.8, 4) is 0 Å². The van der Waals surface area contributed by atoms with Crippen molar-refractivity contribution in [2.24, 2.45) is 0 Å². The van der Waals surface area contributed by atoms with E-state index in [1.165, 1.54) is 11.3 Å². The quantitative estimate of drug-likeness (QED) is 0.576. The van der Waals surface area contributed by atoms with Crippen molar-refractivity contribution in [1.29, 1.82) is 0 Å². The molecule has 1 aromatic heterocycles. The Balaban J connectivity index is 2.19. The highest BCUT2D eigenvalue weighted by Crippen LogP contribution is 2.33. The van der Waals surface area contributed by atoms with Crippen molar-refractivity contribution < 1.29 is 4.79 Å². The number of rotatable bonds is 2. The summed E-state index contributed by atoms with van der Waals surface area (Å²) in [5.74, 6) is -0.0926. The molecule has 4 heteroatoms. The fraction of sp³-hybridized carbons (Fsp3) is 0. The monoisotopic (exact) mass is 306 g/mol. The molecule has 0 radical (unpaired) electrons. The van der Waals surface area contributed by atoms with E-state index < -0.39 is 0 Å². The first kappa shape index (κ1) is 12.7. The minimum Gasteiger partial charge on any atom is -0.288 e. The molecule has 0 saturated heterocycles. The number of hydrogen-bond donors (Lipinski definition) is 0. The Morgan fingerprint density at radius 1 is 0.947 bits per heavy atom. The van der Waals surface area contributed by atoms with Crippen molar-refractivity contribution in [3.05, 3.63) is 68.3 Å². The summed E-state index contributed by atoms with van der Waals surface area (Å²) in [6.07, 6.45) is 0. The molecule has 3 aromatic rings. The molecule has 1 heterocycles. The van der Waals surface area contributed by atoms with Crippen molar-refractivity contribution in [2.75, 3.05) is 0 Å². The molecule has 0 saturated carbocycles. The van der Waals surface area contributed by atoms with Crippen LogP contribution in [0.1, 0.15) is 15.9 Å². The molecule has 0 amide bonds. The van der Waals surface area contributed by atoms with Gasteiger partial charge in [-0.3, -0.25) is 4.79 Å². The van der Waals surface area contributed by atoms with Crippen LogP contribution < -0.4 is 0 Å². The van der Waals surface area contributed by atoms with Gasteiger partial charge >= 0.3 is 0 Å². The number of benzene rings is 2. The minimum absolute atomic E-state index is 0.0926. The Hall–Kier alpha value is -1.35. The van der Waals surface area contributed by atoms with Gasteiger partial charge in [0.1, 0.15) is 4.34 Å². The normalized spacial score (nSPS) is 10.8. The fourth-order valence-electron chi connectivity index (χ4n) is 2.06. The zero-order chi connectivity index (χ0) is 13.4. The lowest BCUT2D eigenvalue weighted by Crippen LogP contribution is -2.01. The first-order chi connectivity index (χ1) is 9.16. The summed E-state index contributed by atoms with van der Waals surface area (Å²) in [4.78, 5) is 12.6. The van der Waals surface area contributed by atoms with Crippen LogP contribution in [0.4, 0.5) is 0 Å². The van der Waals surface area contributed by atoms with Crippen LogP contribution in [-0.4, -0.2) is 5.78 Å². The molecule has 0 fully saturated rings. The molecule has 1 nitrogen and oxygen atoms in total. The van der Waals surface area contributed by atoms with Gasteiger partial charge in [-0.05, 0) is 16.8 Å². The summed E-state index contributed by atoms with van der Waals surface area (Å²) in [5, 5.41) is 1.96. The molecule has 0 aliphatic rings. The van der Waals surface area contributed by atoms with E-state index in [0.717, 1.165) is 10.8 Å². The van der Waals surface area contributed by atoms with E-state index in [-0.39, 0.29) is 5.78 Å². The first-order valence-electron chi connectivity index (χ1n) is 5.64. The summed E-state index contributed by atoms with van der Waals surface area (Å²) >= 11 is 13.2. The summed E-state index contributed by atoms with van der Waals surface area (Å²) in [5.41, 5.74) is 1.11. The minimum atomic E-state index is -0.0926. The van der Waals surface area contributed by atoms with Crippen LogP contribution in [0.15, 0.2) is 48.5 Å². The molecule has 0 atom stereocenters. The number of carbonyl (C=O) groups excluding carboxylic acids is 1. The molecule has 0 N–H and O–H groups in total. The van der Waals surface area contributed by atoms with Gasteiger partial charge < -0.3 is 0 Å². The van der Waals surface area contributed by atoms with Crippen molar-refractivity contribution in [1.82, 2.24) is 0 Å². The lowest BCUT2D eigenvalue weighted by atomic mass is 9.99. The Bertz CT molecular complexity index is 771. The second-order valence-electron chi connectivity index (χ2n) is 4.09. The van der Waals surface area contributed by atoms with Crippen LogP contribution in [0, 0.1) is 0 Å². The number of carbonyl (C=O) groups is 1. The maximum atomic E-state index is 12.6. The Morgan fingerprint density at radius 3 is 2.42 bits per heavy atom. The molecule has 94 valence electrons. The average Bonchev–Trinajstić information content (AvgIpc) is 2.76. The van der Waals surface area contributed by atoms with Gasteiger partial charge in [0.2, 0.25) is 0 Å². The van der Waals surface area contributed by atoms with E-state index in [1.54, 1.807) is 6.07 Å². The lowest BCUT2D eigenvalue weighted by Gasteiger charge is -2.04. The highest BCUT2D eigenvalue weighted by Gasteiger charge is 2.17. The first-order valence-corrected chi connectivity index (χ1v) is 7.21. The summed E-state index contributed by atoms with van der Waals surface area (Å²) in [6.45, 7) is 0. The van der Waals surface area contributed by atoms with Gasteiger partial charge in [-0.15, -0.1) is 11.3 Å². The van der Waals surface area contributed by atoms with Crippen molar-refractivity contribution >= 4 is 51.1 Å². The Labute approximate surface area is 124 Å². The average molecular weight is 307 g/mol. The van der Waals surface area contributed by atoms with Gasteiger partial charge in [0.25, 0.3) is 0 Å². The maximum Gasteiger partial charge on any atom is 0.196 e. The Morgan fingerprint density at radius 2 is 1.68 bits per heavy atom. The van der Waals surface area contributed by atoms with Gasteiger partial charge in [0.15, 0.2) is 5.78 Å². The predicted octanol–water partition coefficient (Wildman–Crippen LogP) is 5.44. The van der Waals surface area contributed by atoms with Gasteiger partial charge in [0.05, 0.1) is 9.90 Å². The summed E-state index contributed by atoms with van der Waals surface area (Å²) in [7, 11) is 0. The third kappa shape index (κ3) is 2.27. The standard InChI is InChI=1S/C15H8Cl2OS/c16-13-8-12(15(17)19-13)14(18)11-7-3-5-9-4-1-2-6-10(9)11/h1-8H. The number of halogens is 2. The van der Waals surface area contributed by atoms with Crippen LogP contribution in [0.25, 0.3) is 10.8 Å². The van der Waals surface area contributed by atoms with Crippen LogP contribution >= 0.6 is 34.5 Å². The van der Waals surface area contributed by atoms with Gasteiger partial charge in [-0.25, -0.2) is 0 Å². The van der Waals surface area contributed by atoms with E-state index in [1.807, 2.05) is 42.5 Å². The van der Waals surface area contributed by atoms with E-state index in [4.69, 9.17) is 23.2 Å². The third-order valence-corrected chi connectivity index (χ3v) is 4.42. The predicted molar refractivity (Wildman–Crippen MR) is 81.7 cm³/mol. The number of hydrogen-bond acceptors (Lipinski definition) is 2. The van der Waals surface area contributed by atoms with Crippen molar-refractivity contribution in [3.63, 3.8) is 0 Å². The SMILES string of the molecule is O=C(c1cc(Cl)sc1Cl)c1cccc2ccccc12. The van der Waals surface area contributed by atoms with E-state index in [2.05, 4.69) is 0 Å². The summed E-state index contributed by atoms with van der Waals surface area (Å²) < 4.78 is 0.955. The molecule has 0 unspecified atom stereocenters. The number of fused-ring (bicyclic) bond motifs is 1. The molecular formula is C15H8Cl2OS. The van der Waals surface area contributed by atoms with Crippen LogP contribution in [-0.2, 0) is 0 Å². The summed E-state index contributed by atoms with van der Waals surface area (Å²) in [6, 6.07) is 15.1. The number of ketones is 1. The molecule has 0 spiro atoms. The van der Waals surface area contributed by atoms with Crippen molar-refractivity contribution in [2.45, 2.75) is 0 Å². The highest BCUT2D eigenvalue weighted by molar-refractivity contribution is 7.20. The van der Waals surface area contributed by atoms with Gasteiger partial charge in [0, 0.05) is 5.56 Å². The topological polar surface area (TPSA) is 17.1 Å². The molecule has 0 aliphatic carbocycles. The zero-order valence-corrected chi connectivity index (χ0v) is 12.0. The lowest BCUT2D eigenvalue weighted by molar-refractivity contribution is 0.104. The number of thiophene rings is 1. The van der Waals surface area contributed by atoms with E-state index >= 15 is 0 Å².